The number of carbonyl (C=O) groups is 1. The zero-order valence-corrected chi connectivity index (χ0v) is 11.6. The Kier molecular flexibility index (Phi) is 3.49. The van der Waals surface area contributed by atoms with E-state index in [0.717, 1.165) is 22.5 Å². The van der Waals surface area contributed by atoms with Gasteiger partial charge in [-0.2, -0.15) is 4.31 Å². The van der Waals surface area contributed by atoms with Gasteiger partial charge in [-0.15, -0.1) is 0 Å². The van der Waals surface area contributed by atoms with E-state index in [1.807, 2.05) is 0 Å². The summed E-state index contributed by atoms with van der Waals surface area (Å²) in [7, 11) is -3.88. The van der Waals surface area contributed by atoms with E-state index < -0.39 is 32.9 Å². The zero-order valence-electron chi connectivity index (χ0n) is 10.8. The van der Waals surface area contributed by atoms with E-state index in [1.54, 1.807) is 6.92 Å². The first-order valence-electron chi connectivity index (χ1n) is 5.92. The number of hydrogen-bond donors (Lipinski definition) is 3. The van der Waals surface area contributed by atoms with Crippen LogP contribution in [0, 0.1) is 0 Å². The molecule has 0 bridgehead atoms. The number of phenols is 1. The Morgan fingerprint density at radius 2 is 2.05 bits per heavy atom. The Labute approximate surface area is 116 Å². The number of nitrogens with zero attached hydrogens (tertiary/aromatic N) is 1. The minimum Gasteiger partial charge on any atom is -0.507 e. The lowest BCUT2D eigenvalue weighted by Gasteiger charge is -2.19. The molecule has 0 radical (unpaired) electrons. The van der Waals surface area contributed by atoms with Crippen molar-refractivity contribution in [2.24, 2.45) is 0 Å². The van der Waals surface area contributed by atoms with Crippen molar-refractivity contribution < 1.29 is 28.5 Å². The second-order valence-corrected chi connectivity index (χ2v) is 7.01. The highest BCUT2D eigenvalue weighted by Gasteiger charge is 2.38. The van der Waals surface area contributed by atoms with Crippen molar-refractivity contribution in [1.29, 1.82) is 0 Å². The molecule has 1 aliphatic rings. The number of carboxylic acids is 1. The number of aromatic carboxylic acids is 1. The number of aromatic hydroxyl groups is 1. The predicted octanol–water partition coefficient (Wildman–Crippen LogP) is 0.236. The Hall–Kier alpha value is -1.64. The largest absolute Gasteiger partial charge is 0.507 e. The van der Waals surface area contributed by atoms with E-state index in [1.165, 1.54) is 0 Å². The molecular weight excluding hydrogens is 286 g/mol. The summed E-state index contributed by atoms with van der Waals surface area (Å²) in [6.45, 7) is 1.67. The number of carboxylic acid groups (broad SMARTS) is 1. The van der Waals surface area contributed by atoms with Gasteiger partial charge in [0.2, 0.25) is 10.0 Å². The quantitative estimate of drug-likeness (QED) is 0.736. The number of aliphatic hydroxyl groups is 1. The predicted molar refractivity (Wildman–Crippen MR) is 69.1 cm³/mol. The maximum Gasteiger partial charge on any atom is 0.339 e. The summed E-state index contributed by atoms with van der Waals surface area (Å²) in [6, 6.07) is 3.09. The number of benzene rings is 1. The molecule has 3 N–H and O–H groups in total. The summed E-state index contributed by atoms with van der Waals surface area (Å²) in [5.41, 5.74) is -1.56. The molecule has 8 heteroatoms. The lowest BCUT2D eigenvalue weighted by Crippen LogP contribution is -2.34. The van der Waals surface area contributed by atoms with Crippen LogP contribution in [0.4, 0.5) is 0 Å². The van der Waals surface area contributed by atoms with Crippen molar-refractivity contribution in [1.82, 2.24) is 4.31 Å². The van der Waals surface area contributed by atoms with Gasteiger partial charge in [-0.3, -0.25) is 0 Å². The molecule has 1 heterocycles. The van der Waals surface area contributed by atoms with Gasteiger partial charge in [-0.25, -0.2) is 13.2 Å². The zero-order chi connectivity index (χ0) is 15.1. The molecule has 1 aliphatic heterocycles. The first-order valence-corrected chi connectivity index (χ1v) is 7.36. The van der Waals surface area contributed by atoms with Crippen LogP contribution in [0.25, 0.3) is 0 Å². The molecule has 2 rings (SSSR count). The summed E-state index contributed by atoms with van der Waals surface area (Å²) in [5, 5.41) is 28.1. The second-order valence-electron chi connectivity index (χ2n) is 5.07. The Morgan fingerprint density at radius 3 is 2.55 bits per heavy atom. The van der Waals surface area contributed by atoms with E-state index in [9.17, 15) is 23.4 Å². The number of sulfonamides is 1. The van der Waals surface area contributed by atoms with Gasteiger partial charge in [0.1, 0.15) is 11.3 Å². The molecule has 1 aromatic rings. The van der Waals surface area contributed by atoms with Gasteiger partial charge in [-0.05, 0) is 31.5 Å². The molecule has 20 heavy (non-hydrogen) atoms. The first-order chi connectivity index (χ1) is 9.13. The normalized spacial score (nSPS) is 23.9. The van der Waals surface area contributed by atoms with Crippen LogP contribution in [-0.4, -0.2) is 52.7 Å². The SMILES string of the molecule is CC1(O)CCN(S(=O)(=O)c2ccc(O)c(C(=O)O)c2)C1. The van der Waals surface area contributed by atoms with E-state index in [-0.39, 0.29) is 18.0 Å². The molecule has 0 saturated carbocycles. The Morgan fingerprint density at radius 1 is 1.40 bits per heavy atom. The number of rotatable bonds is 3. The highest BCUT2D eigenvalue weighted by Crippen LogP contribution is 2.29. The standard InChI is InChI=1S/C12H15NO6S/c1-12(17)4-5-13(7-12)20(18,19)8-2-3-10(14)9(6-8)11(15)16/h2-3,6,14,17H,4-5,7H2,1H3,(H,15,16). The van der Waals surface area contributed by atoms with Crippen LogP contribution in [-0.2, 0) is 10.0 Å². The highest BCUT2D eigenvalue weighted by molar-refractivity contribution is 7.89. The van der Waals surface area contributed by atoms with Crippen LogP contribution < -0.4 is 0 Å². The van der Waals surface area contributed by atoms with E-state index in [0.29, 0.717) is 6.42 Å². The maximum atomic E-state index is 12.3. The molecule has 1 atom stereocenters. The van der Waals surface area contributed by atoms with E-state index >= 15 is 0 Å². The van der Waals surface area contributed by atoms with Crippen LogP contribution in [0.3, 0.4) is 0 Å². The van der Waals surface area contributed by atoms with Crippen LogP contribution in [0.1, 0.15) is 23.7 Å². The molecule has 0 spiro atoms. The van der Waals surface area contributed by atoms with E-state index in [4.69, 9.17) is 5.11 Å². The lowest BCUT2D eigenvalue weighted by molar-refractivity contribution is 0.0692. The molecule has 0 amide bonds. The summed E-state index contributed by atoms with van der Waals surface area (Å²) in [4.78, 5) is 10.7. The van der Waals surface area contributed by atoms with Gasteiger partial charge in [0, 0.05) is 13.1 Å². The van der Waals surface area contributed by atoms with Crippen molar-refractivity contribution in [3.8, 4) is 5.75 Å². The lowest BCUT2D eigenvalue weighted by atomic mass is 10.1. The van der Waals surface area contributed by atoms with Gasteiger partial charge < -0.3 is 15.3 Å². The van der Waals surface area contributed by atoms with Gasteiger partial charge in [0.05, 0.1) is 10.5 Å². The summed E-state index contributed by atoms with van der Waals surface area (Å²) < 4.78 is 25.8. The molecule has 110 valence electrons. The number of β-amino-alcohol motifs (C(OH)–C–C–N with tert-alkyl or cyclic N) is 1. The second kappa shape index (κ2) is 4.72. The fourth-order valence-electron chi connectivity index (χ4n) is 2.10. The smallest absolute Gasteiger partial charge is 0.339 e. The maximum absolute atomic E-state index is 12.3. The van der Waals surface area contributed by atoms with Crippen molar-refractivity contribution in [3.05, 3.63) is 23.8 Å². The monoisotopic (exact) mass is 301 g/mol. The molecule has 0 aromatic heterocycles. The number of hydrogen-bond acceptors (Lipinski definition) is 5. The molecule has 7 nitrogen and oxygen atoms in total. The van der Waals surface area contributed by atoms with Crippen LogP contribution in [0.2, 0.25) is 0 Å². The average Bonchev–Trinajstić information content (AvgIpc) is 2.70. The molecule has 1 unspecified atom stereocenters. The highest BCUT2D eigenvalue weighted by atomic mass is 32.2. The van der Waals surface area contributed by atoms with Crippen molar-refractivity contribution in [2.75, 3.05) is 13.1 Å². The minimum absolute atomic E-state index is 0.0430. The summed E-state index contributed by atoms with van der Waals surface area (Å²) in [6.07, 6.45) is 0.316. The average molecular weight is 301 g/mol. The van der Waals surface area contributed by atoms with Gasteiger partial charge in [0.15, 0.2) is 0 Å². The van der Waals surface area contributed by atoms with E-state index in [2.05, 4.69) is 0 Å². The topological polar surface area (TPSA) is 115 Å². The summed E-state index contributed by atoms with van der Waals surface area (Å²) in [5.74, 6) is -1.90. The third-order valence-electron chi connectivity index (χ3n) is 3.25. The van der Waals surface area contributed by atoms with Crippen molar-refractivity contribution in [3.63, 3.8) is 0 Å². The van der Waals surface area contributed by atoms with Gasteiger partial charge in [-0.1, -0.05) is 0 Å². The molecule has 1 saturated heterocycles. The van der Waals surface area contributed by atoms with Crippen molar-refractivity contribution in [2.45, 2.75) is 23.8 Å². The third kappa shape index (κ3) is 2.62. The van der Waals surface area contributed by atoms with Crippen LogP contribution in [0.5, 0.6) is 5.75 Å². The third-order valence-corrected chi connectivity index (χ3v) is 5.09. The molecular formula is C12H15NO6S. The van der Waals surface area contributed by atoms with Crippen LogP contribution in [0.15, 0.2) is 23.1 Å². The minimum atomic E-state index is -3.88. The Balaban J connectivity index is 2.41. The molecule has 1 aromatic carbocycles. The fourth-order valence-corrected chi connectivity index (χ4v) is 3.69. The van der Waals surface area contributed by atoms with Gasteiger partial charge in [0.25, 0.3) is 0 Å². The summed E-state index contributed by atoms with van der Waals surface area (Å²) >= 11 is 0. The molecule has 1 fully saturated rings. The fraction of sp³-hybridized carbons (Fsp3) is 0.417. The van der Waals surface area contributed by atoms with Crippen LogP contribution >= 0.6 is 0 Å². The first kappa shape index (κ1) is 14.8. The van der Waals surface area contributed by atoms with Crippen molar-refractivity contribution >= 4 is 16.0 Å². The van der Waals surface area contributed by atoms with Gasteiger partial charge >= 0.3 is 5.97 Å². The molecule has 0 aliphatic carbocycles. The Bertz CT molecular complexity index is 652.